The molecule has 0 radical (unpaired) electrons. The van der Waals surface area contributed by atoms with E-state index in [1.165, 1.54) is 17.4 Å². The van der Waals surface area contributed by atoms with Crippen LogP contribution in [-0.2, 0) is 23.1 Å². The highest BCUT2D eigenvalue weighted by molar-refractivity contribution is 9.10. The number of thiazole rings is 1. The third-order valence-electron chi connectivity index (χ3n) is 2.58. The van der Waals surface area contributed by atoms with Gasteiger partial charge in [-0.3, -0.25) is 0 Å². The van der Waals surface area contributed by atoms with Crippen LogP contribution in [0.4, 0.5) is 0 Å². The van der Waals surface area contributed by atoms with Crippen LogP contribution in [0, 0.1) is 0 Å². The minimum atomic E-state index is -3.57. The van der Waals surface area contributed by atoms with Crippen molar-refractivity contribution >= 4 is 37.3 Å². The molecular weight excluding hydrogens is 364 g/mol. The van der Waals surface area contributed by atoms with Gasteiger partial charge in [0, 0.05) is 29.0 Å². The molecule has 5 nitrogen and oxygen atoms in total. The van der Waals surface area contributed by atoms with Gasteiger partial charge in [-0.25, -0.2) is 18.1 Å². The molecule has 2 aromatic rings. The molecule has 1 aromatic carbocycles. The quantitative estimate of drug-likeness (QED) is 0.806. The van der Waals surface area contributed by atoms with Gasteiger partial charge in [0.1, 0.15) is 0 Å². The van der Waals surface area contributed by atoms with E-state index in [-0.39, 0.29) is 11.5 Å². The van der Waals surface area contributed by atoms with Gasteiger partial charge in [-0.05, 0) is 33.6 Å². The van der Waals surface area contributed by atoms with Crippen LogP contribution in [0.1, 0.15) is 10.6 Å². The normalized spacial score (nSPS) is 11.7. The molecule has 2 N–H and O–H groups in total. The summed E-state index contributed by atoms with van der Waals surface area (Å²) in [4.78, 5) is 4.26. The van der Waals surface area contributed by atoms with Gasteiger partial charge in [0.2, 0.25) is 10.0 Å². The van der Waals surface area contributed by atoms with Gasteiger partial charge in [-0.1, -0.05) is 6.07 Å². The molecule has 2 rings (SSSR count). The SMILES string of the molecule is O=S(=O)(NCCc1nccs1)c1ccc(CO)cc1Br. The number of aliphatic hydroxyl groups is 1. The summed E-state index contributed by atoms with van der Waals surface area (Å²) in [5.41, 5.74) is 0.651. The second-order valence-electron chi connectivity index (χ2n) is 4.00. The number of nitrogens with one attached hydrogen (secondary N) is 1. The van der Waals surface area contributed by atoms with Gasteiger partial charge in [-0.15, -0.1) is 11.3 Å². The van der Waals surface area contributed by atoms with Gasteiger partial charge >= 0.3 is 0 Å². The highest BCUT2D eigenvalue weighted by atomic mass is 79.9. The Morgan fingerprint density at radius 2 is 2.20 bits per heavy atom. The molecule has 0 aliphatic carbocycles. The van der Waals surface area contributed by atoms with Crippen LogP contribution in [-0.4, -0.2) is 25.1 Å². The largest absolute Gasteiger partial charge is 0.392 e. The molecular formula is C12H13BrN2O3S2. The Bertz CT molecular complexity index is 672. The number of aromatic nitrogens is 1. The molecule has 0 amide bonds. The number of nitrogens with zero attached hydrogens (tertiary/aromatic N) is 1. The van der Waals surface area contributed by atoms with Gasteiger partial charge in [0.05, 0.1) is 16.5 Å². The van der Waals surface area contributed by atoms with Gasteiger partial charge in [0.25, 0.3) is 0 Å². The summed E-state index contributed by atoms with van der Waals surface area (Å²) < 4.78 is 27.3. The number of rotatable bonds is 6. The summed E-state index contributed by atoms with van der Waals surface area (Å²) in [6, 6.07) is 4.65. The van der Waals surface area contributed by atoms with Crippen molar-refractivity contribution in [2.75, 3.05) is 6.54 Å². The Hall–Kier alpha value is -0.800. The van der Waals surface area contributed by atoms with E-state index in [1.54, 1.807) is 18.3 Å². The van der Waals surface area contributed by atoms with Gasteiger partial charge in [-0.2, -0.15) is 0 Å². The van der Waals surface area contributed by atoms with Crippen LogP contribution in [0.3, 0.4) is 0 Å². The van der Waals surface area contributed by atoms with Crippen molar-refractivity contribution in [1.82, 2.24) is 9.71 Å². The van der Waals surface area contributed by atoms with E-state index in [0.717, 1.165) is 5.01 Å². The lowest BCUT2D eigenvalue weighted by molar-refractivity contribution is 0.281. The Morgan fingerprint density at radius 1 is 1.40 bits per heavy atom. The number of hydrogen-bond acceptors (Lipinski definition) is 5. The minimum Gasteiger partial charge on any atom is -0.392 e. The predicted molar refractivity (Wildman–Crippen MR) is 81.1 cm³/mol. The molecule has 0 unspecified atom stereocenters. The Labute approximate surface area is 129 Å². The zero-order valence-corrected chi connectivity index (χ0v) is 13.6. The van der Waals surface area contributed by atoms with E-state index in [4.69, 9.17) is 5.11 Å². The van der Waals surface area contributed by atoms with Crippen LogP contribution in [0.25, 0.3) is 0 Å². The average molecular weight is 377 g/mol. The molecule has 0 fully saturated rings. The molecule has 20 heavy (non-hydrogen) atoms. The van der Waals surface area contributed by atoms with E-state index in [1.807, 2.05) is 5.38 Å². The molecule has 0 aliphatic rings. The zero-order chi connectivity index (χ0) is 14.6. The fourth-order valence-corrected chi connectivity index (χ4v) is 4.38. The molecule has 1 heterocycles. The summed E-state index contributed by atoms with van der Waals surface area (Å²) in [7, 11) is -3.57. The second-order valence-corrected chi connectivity index (χ2v) is 7.57. The maximum atomic E-state index is 12.2. The van der Waals surface area contributed by atoms with Crippen molar-refractivity contribution in [3.8, 4) is 0 Å². The number of sulfonamides is 1. The van der Waals surface area contributed by atoms with Crippen molar-refractivity contribution in [3.63, 3.8) is 0 Å². The van der Waals surface area contributed by atoms with Crippen LogP contribution in [0.2, 0.25) is 0 Å². The second kappa shape index (κ2) is 6.77. The monoisotopic (exact) mass is 376 g/mol. The lowest BCUT2D eigenvalue weighted by Gasteiger charge is -2.09. The molecule has 0 saturated carbocycles. The third-order valence-corrected chi connectivity index (χ3v) is 5.86. The van der Waals surface area contributed by atoms with Gasteiger partial charge < -0.3 is 5.11 Å². The number of benzene rings is 1. The fraction of sp³-hybridized carbons (Fsp3) is 0.250. The predicted octanol–water partition coefficient (Wildman–Crippen LogP) is 1.92. The Balaban J connectivity index is 2.06. The lowest BCUT2D eigenvalue weighted by Crippen LogP contribution is -2.26. The molecule has 0 bridgehead atoms. The first-order chi connectivity index (χ1) is 9.53. The van der Waals surface area contributed by atoms with Crippen molar-refractivity contribution in [2.24, 2.45) is 0 Å². The summed E-state index contributed by atoms with van der Waals surface area (Å²) >= 11 is 4.71. The molecule has 0 aliphatic heterocycles. The van der Waals surface area contributed by atoms with Crippen LogP contribution >= 0.6 is 27.3 Å². The molecule has 0 atom stereocenters. The smallest absolute Gasteiger partial charge is 0.241 e. The number of hydrogen-bond donors (Lipinski definition) is 2. The van der Waals surface area contributed by atoms with E-state index in [2.05, 4.69) is 25.6 Å². The summed E-state index contributed by atoms with van der Waals surface area (Å²) in [6.45, 7) is 0.167. The van der Waals surface area contributed by atoms with Crippen LogP contribution in [0.5, 0.6) is 0 Å². The number of aliphatic hydroxyl groups excluding tert-OH is 1. The van der Waals surface area contributed by atoms with E-state index < -0.39 is 10.0 Å². The Kier molecular flexibility index (Phi) is 5.28. The average Bonchev–Trinajstić information content (AvgIpc) is 2.91. The molecule has 108 valence electrons. The number of halogens is 1. The topological polar surface area (TPSA) is 79.3 Å². The van der Waals surface area contributed by atoms with E-state index >= 15 is 0 Å². The maximum absolute atomic E-state index is 12.2. The lowest BCUT2D eigenvalue weighted by atomic mass is 10.2. The summed E-state index contributed by atoms with van der Waals surface area (Å²) in [5.74, 6) is 0. The minimum absolute atomic E-state index is 0.129. The first-order valence-electron chi connectivity index (χ1n) is 5.80. The zero-order valence-electron chi connectivity index (χ0n) is 10.4. The van der Waals surface area contributed by atoms with Crippen molar-refractivity contribution in [3.05, 3.63) is 44.8 Å². The maximum Gasteiger partial charge on any atom is 0.241 e. The third kappa shape index (κ3) is 3.86. The first kappa shape index (κ1) is 15.6. The summed E-state index contributed by atoms with van der Waals surface area (Å²) in [6.07, 6.45) is 2.25. The van der Waals surface area contributed by atoms with Crippen LogP contribution < -0.4 is 4.72 Å². The standard InChI is InChI=1S/C12H13BrN2O3S2/c13-10-7-9(8-16)1-2-11(10)20(17,18)15-4-3-12-14-5-6-19-12/h1-2,5-7,15-16H,3-4,8H2. The highest BCUT2D eigenvalue weighted by Gasteiger charge is 2.17. The van der Waals surface area contributed by atoms with Crippen molar-refractivity contribution in [2.45, 2.75) is 17.9 Å². The van der Waals surface area contributed by atoms with Crippen LogP contribution in [0.15, 0.2) is 39.1 Å². The Morgan fingerprint density at radius 3 is 2.80 bits per heavy atom. The highest BCUT2D eigenvalue weighted by Crippen LogP contribution is 2.23. The molecule has 0 saturated heterocycles. The fourth-order valence-electron chi connectivity index (χ4n) is 1.61. The van der Waals surface area contributed by atoms with E-state index in [0.29, 0.717) is 23.0 Å². The van der Waals surface area contributed by atoms with Gasteiger partial charge in [0.15, 0.2) is 0 Å². The molecule has 0 spiro atoms. The first-order valence-corrected chi connectivity index (χ1v) is 8.96. The van der Waals surface area contributed by atoms with Crippen molar-refractivity contribution in [1.29, 1.82) is 0 Å². The molecule has 8 heteroatoms. The molecule has 1 aromatic heterocycles. The van der Waals surface area contributed by atoms with Crippen molar-refractivity contribution < 1.29 is 13.5 Å². The summed E-state index contributed by atoms with van der Waals surface area (Å²) in [5, 5.41) is 11.8. The van der Waals surface area contributed by atoms with E-state index in [9.17, 15) is 8.42 Å².